The minimum Gasteiger partial charge on any atom is -0.318 e. The van der Waals surface area contributed by atoms with Gasteiger partial charge in [-0.3, -0.25) is 9.69 Å². The van der Waals surface area contributed by atoms with Crippen LogP contribution in [0.4, 0.5) is 0 Å². The predicted molar refractivity (Wildman–Crippen MR) is 134 cm³/mol. The lowest BCUT2D eigenvalue weighted by atomic mass is 10.2. The zero-order valence-corrected chi connectivity index (χ0v) is 19.7. The highest BCUT2D eigenvalue weighted by molar-refractivity contribution is 8.26. The number of nitrogens with one attached hydrogen (secondary N) is 1. The highest BCUT2D eigenvalue weighted by Gasteiger charge is 2.32. The van der Waals surface area contributed by atoms with E-state index >= 15 is 0 Å². The summed E-state index contributed by atoms with van der Waals surface area (Å²) in [5, 5.41) is 14.3. The topological polar surface area (TPSA) is 79.7 Å². The van der Waals surface area contributed by atoms with Crippen LogP contribution in [0.3, 0.4) is 0 Å². The molecule has 5 rings (SSSR count). The Labute approximate surface area is 200 Å². The number of benzene rings is 2. The van der Waals surface area contributed by atoms with Gasteiger partial charge in [0, 0.05) is 22.6 Å². The van der Waals surface area contributed by atoms with Crippen LogP contribution in [0.1, 0.15) is 22.5 Å². The van der Waals surface area contributed by atoms with Gasteiger partial charge in [-0.25, -0.2) is 0 Å². The van der Waals surface area contributed by atoms with Gasteiger partial charge in [-0.05, 0) is 54.5 Å². The van der Waals surface area contributed by atoms with E-state index in [-0.39, 0.29) is 5.91 Å². The van der Waals surface area contributed by atoms with Gasteiger partial charge in [0.25, 0.3) is 5.91 Å². The van der Waals surface area contributed by atoms with Gasteiger partial charge in [-0.1, -0.05) is 66.4 Å². The average molecular weight is 473 g/mol. The molecular formula is C24H20N6OS2. The van der Waals surface area contributed by atoms with E-state index in [1.54, 1.807) is 4.90 Å². The van der Waals surface area contributed by atoms with Crippen molar-refractivity contribution in [1.29, 1.82) is 0 Å². The van der Waals surface area contributed by atoms with Crippen molar-refractivity contribution in [3.05, 3.63) is 88.1 Å². The minimum absolute atomic E-state index is 0.0576. The number of hydrogen-bond donors (Lipinski definition) is 1. The van der Waals surface area contributed by atoms with Crippen LogP contribution < -0.4 is 0 Å². The summed E-state index contributed by atoms with van der Waals surface area (Å²) in [5.41, 5.74) is 5.99. The van der Waals surface area contributed by atoms with E-state index < -0.39 is 0 Å². The maximum absolute atomic E-state index is 13.1. The molecule has 0 unspecified atom stereocenters. The SMILES string of the molecule is Cc1cc(/C=C2\SC(=S)N(Cc3ccccc3)C2=O)c(C)n1-c1cccc(-c2nn[nH]n2)c1. The largest absolute Gasteiger partial charge is 0.318 e. The number of tetrazole rings is 1. The molecular weight excluding hydrogens is 452 g/mol. The number of H-pyrrole nitrogens is 1. The molecule has 0 aliphatic carbocycles. The van der Waals surface area contributed by atoms with E-state index in [1.807, 2.05) is 74.5 Å². The molecule has 7 nitrogen and oxygen atoms in total. The molecule has 33 heavy (non-hydrogen) atoms. The third-order valence-corrected chi connectivity index (χ3v) is 6.90. The molecule has 1 aliphatic rings. The monoisotopic (exact) mass is 472 g/mol. The molecule has 1 saturated heterocycles. The van der Waals surface area contributed by atoms with Gasteiger partial charge in [0.05, 0.1) is 11.4 Å². The first-order valence-corrected chi connectivity index (χ1v) is 11.6. The average Bonchev–Trinajstić information content (AvgIpc) is 3.51. The van der Waals surface area contributed by atoms with Gasteiger partial charge in [-0.15, -0.1) is 10.2 Å². The molecule has 1 N–H and O–H groups in total. The van der Waals surface area contributed by atoms with E-state index in [9.17, 15) is 4.79 Å². The van der Waals surface area contributed by atoms with Crippen molar-refractivity contribution in [2.75, 3.05) is 0 Å². The summed E-state index contributed by atoms with van der Waals surface area (Å²) in [6.45, 7) is 4.57. The van der Waals surface area contributed by atoms with Crippen molar-refractivity contribution in [2.45, 2.75) is 20.4 Å². The van der Waals surface area contributed by atoms with Crippen LogP contribution >= 0.6 is 24.0 Å². The summed E-state index contributed by atoms with van der Waals surface area (Å²) in [6, 6.07) is 19.9. The van der Waals surface area contributed by atoms with Crippen molar-refractivity contribution < 1.29 is 4.79 Å². The van der Waals surface area contributed by atoms with Gasteiger partial charge in [0.15, 0.2) is 0 Å². The molecule has 2 aromatic carbocycles. The Morgan fingerprint density at radius 1 is 1.09 bits per heavy atom. The predicted octanol–water partition coefficient (Wildman–Crippen LogP) is 4.68. The fourth-order valence-electron chi connectivity index (χ4n) is 3.94. The van der Waals surface area contributed by atoms with Crippen LogP contribution in [0.2, 0.25) is 0 Å². The zero-order chi connectivity index (χ0) is 22.9. The Morgan fingerprint density at radius 3 is 2.67 bits per heavy atom. The zero-order valence-electron chi connectivity index (χ0n) is 18.0. The van der Waals surface area contributed by atoms with Gasteiger partial charge < -0.3 is 4.57 Å². The Balaban J connectivity index is 1.45. The summed E-state index contributed by atoms with van der Waals surface area (Å²) < 4.78 is 2.73. The number of rotatable bonds is 5. The molecule has 0 atom stereocenters. The summed E-state index contributed by atoms with van der Waals surface area (Å²) in [6.07, 6.45) is 1.94. The Kier molecular flexibility index (Phi) is 5.65. The number of hydrogen-bond acceptors (Lipinski definition) is 6. The normalized spacial score (nSPS) is 15.1. The summed E-state index contributed by atoms with van der Waals surface area (Å²) in [7, 11) is 0. The Bertz CT molecular complexity index is 1380. The van der Waals surface area contributed by atoms with E-state index in [2.05, 4.69) is 31.3 Å². The first-order chi connectivity index (χ1) is 16.0. The first-order valence-electron chi connectivity index (χ1n) is 10.3. The minimum atomic E-state index is -0.0576. The molecule has 0 spiro atoms. The van der Waals surface area contributed by atoms with Crippen LogP contribution in [0, 0.1) is 13.8 Å². The number of thiocarbonyl (C=S) groups is 1. The van der Waals surface area contributed by atoms with Crippen LogP contribution in [0.15, 0.2) is 65.6 Å². The van der Waals surface area contributed by atoms with Gasteiger partial charge in [-0.2, -0.15) is 5.21 Å². The summed E-state index contributed by atoms with van der Waals surface area (Å²) >= 11 is 6.86. The van der Waals surface area contributed by atoms with Crippen LogP contribution in [-0.2, 0) is 11.3 Å². The number of aromatic amines is 1. The number of aromatic nitrogens is 5. The number of aryl methyl sites for hydroxylation is 1. The number of carbonyl (C=O) groups excluding carboxylic acids is 1. The molecule has 1 amide bonds. The smallest absolute Gasteiger partial charge is 0.266 e. The molecule has 0 bridgehead atoms. The summed E-state index contributed by atoms with van der Waals surface area (Å²) in [4.78, 5) is 15.4. The van der Waals surface area contributed by atoms with E-state index in [4.69, 9.17) is 12.2 Å². The molecule has 164 valence electrons. The van der Waals surface area contributed by atoms with Crippen molar-refractivity contribution in [2.24, 2.45) is 0 Å². The Morgan fingerprint density at radius 2 is 1.91 bits per heavy atom. The molecule has 1 fully saturated rings. The number of thioether (sulfide) groups is 1. The van der Waals surface area contributed by atoms with Crippen molar-refractivity contribution in [1.82, 2.24) is 30.1 Å². The Hall–Kier alpha value is -3.56. The van der Waals surface area contributed by atoms with Gasteiger partial charge >= 0.3 is 0 Å². The van der Waals surface area contributed by atoms with E-state index in [0.29, 0.717) is 21.6 Å². The molecule has 9 heteroatoms. The maximum atomic E-state index is 13.1. The second-order valence-electron chi connectivity index (χ2n) is 7.70. The molecule has 0 radical (unpaired) electrons. The highest BCUT2D eigenvalue weighted by Crippen LogP contribution is 2.35. The third kappa shape index (κ3) is 4.12. The molecule has 1 aliphatic heterocycles. The molecule has 4 aromatic rings. The van der Waals surface area contributed by atoms with Crippen molar-refractivity contribution >= 4 is 40.3 Å². The lowest BCUT2D eigenvalue weighted by molar-refractivity contribution is -0.122. The van der Waals surface area contributed by atoms with E-state index in [0.717, 1.165) is 33.8 Å². The highest BCUT2D eigenvalue weighted by atomic mass is 32.2. The van der Waals surface area contributed by atoms with Gasteiger partial charge in [0.1, 0.15) is 4.32 Å². The van der Waals surface area contributed by atoms with Crippen LogP contribution in [0.5, 0.6) is 0 Å². The second kappa shape index (κ2) is 8.76. The molecule has 2 aromatic heterocycles. The lowest BCUT2D eigenvalue weighted by Gasteiger charge is -2.14. The number of amides is 1. The standard InChI is InChI=1S/C24H20N6OS2/c1-15-11-19(13-21-23(31)29(24(32)33-21)14-17-7-4-3-5-8-17)16(2)30(15)20-10-6-9-18(12-20)22-25-27-28-26-22/h3-13H,14H2,1-2H3,(H,25,26,27,28)/b21-13-. The molecule has 3 heterocycles. The van der Waals surface area contributed by atoms with Crippen molar-refractivity contribution in [3.63, 3.8) is 0 Å². The summed E-state index contributed by atoms with van der Waals surface area (Å²) in [5.74, 6) is 0.486. The second-order valence-corrected chi connectivity index (χ2v) is 9.38. The quantitative estimate of drug-likeness (QED) is 0.336. The van der Waals surface area contributed by atoms with Crippen molar-refractivity contribution in [3.8, 4) is 17.1 Å². The lowest BCUT2D eigenvalue weighted by Crippen LogP contribution is -2.27. The number of nitrogens with zero attached hydrogens (tertiary/aromatic N) is 5. The van der Waals surface area contributed by atoms with E-state index in [1.165, 1.54) is 11.8 Å². The fourth-order valence-corrected chi connectivity index (χ4v) is 5.19. The van der Waals surface area contributed by atoms with Crippen LogP contribution in [-0.4, -0.2) is 40.3 Å². The van der Waals surface area contributed by atoms with Crippen LogP contribution in [0.25, 0.3) is 23.2 Å². The fraction of sp³-hybridized carbons (Fsp3) is 0.125. The molecule has 0 saturated carbocycles. The maximum Gasteiger partial charge on any atom is 0.266 e. The first kappa shape index (κ1) is 21.3. The van der Waals surface area contributed by atoms with Gasteiger partial charge in [0.2, 0.25) is 5.82 Å². The third-order valence-electron chi connectivity index (χ3n) is 5.52. The number of carbonyl (C=O) groups is 1.